The van der Waals surface area contributed by atoms with Crippen LogP contribution in [-0.2, 0) is 26.5 Å². The standard InChI is InChI=1S/C28H30O13S/c1-6-34-21-12-18-16(25(15(5)39-18)27(29)36-8-3)10-20(21)38-14-24-26(28(30)37-9-4)17-11-23(41-42(31,32)33)22(35-7-2)13-19(17)40-24/h10-13H,6-9,14H2,1-5H3,(H,31,32,33)/p-1. The Hall–Kier alpha value is -4.43. The van der Waals surface area contributed by atoms with Gasteiger partial charge in [-0.1, -0.05) is 0 Å². The van der Waals surface area contributed by atoms with Crippen LogP contribution in [0.4, 0.5) is 0 Å². The number of hydrogen-bond donors (Lipinski definition) is 0. The summed E-state index contributed by atoms with van der Waals surface area (Å²) in [6.45, 7) is 8.66. The molecule has 0 aliphatic carbocycles. The van der Waals surface area contributed by atoms with Crippen LogP contribution in [0.15, 0.2) is 33.1 Å². The summed E-state index contributed by atoms with van der Waals surface area (Å²) in [7, 11) is -5.17. The van der Waals surface area contributed by atoms with Gasteiger partial charge in [-0.3, -0.25) is 0 Å². The molecule has 0 unspecified atom stereocenters. The van der Waals surface area contributed by atoms with Crippen LogP contribution in [0.5, 0.6) is 23.0 Å². The lowest BCUT2D eigenvalue weighted by Gasteiger charge is -2.13. The summed E-state index contributed by atoms with van der Waals surface area (Å²) in [5.41, 5.74) is 0.659. The predicted molar refractivity (Wildman–Crippen MR) is 146 cm³/mol. The highest BCUT2D eigenvalue weighted by atomic mass is 32.3. The minimum Gasteiger partial charge on any atom is -0.716 e. The molecule has 0 saturated carbocycles. The molecule has 0 saturated heterocycles. The maximum Gasteiger partial charge on any atom is 0.342 e. The van der Waals surface area contributed by atoms with Crippen molar-refractivity contribution >= 4 is 44.3 Å². The molecule has 2 aromatic carbocycles. The van der Waals surface area contributed by atoms with E-state index in [4.69, 9.17) is 32.5 Å². The van der Waals surface area contributed by atoms with Crippen molar-refractivity contribution in [1.29, 1.82) is 0 Å². The molecule has 42 heavy (non-hydrogen) atoms. The molecular formula is C28H29O13S-. The van der Waals surface area contributed by atoms with Crippen LogP contribution in [0.1, 0.15) is 59.9 Å². The quantitative estimate of drug-likeness (QED) is 0.113. The molecule has 0 radical (unpaired) electrons. The molecule has 14 heteroatoms. The van der Waals surface area contributed by atoms with Crippen LogP contribution in [-0.4, -0.2) is 51.3 Å². The highest BCUT2D eigenvalue weighted by molar-refractivity contribution is 7.81. The Kier molecular flexibility index (Phi) is 9.17. The van der Waals surface area contributed by atoms with Crippen molar-refractivity contribution in [2.24, 2.45) is 0 Å². The zero-order valence-electron chi connectivity index (χ0n) is 23.6. The Labute approximate surface area is 241 Å². The summed E-state index contributed by atoms with van der Waals surface area (Å²) < 4.78 is 77.8. The van der Waals surface area contributed by atoms with Gasteiger partial charge in [0.15, 0.2) is 28.8 Å². The molecule has 0 bridgehead atoms. The first-order chi connectivity index (χ1) is 20.0. The van der Waals surface area contributed by atoms with Crippen LogP contribution in [0.3, 0.4) is 0 Å². The number of benzene rings is 2. The SMILES string of the molecule is CCOC(=O)c1c(C)oc2cc(OCC)c(OCc3oc4cc(OCC)c(OS(=O)(=O)[O-])cc4c3C(=O)OCC)cc12. The van der Waals surface area contributed by atoms with E-state index in [1.165, 1.54) is 6.07 Å². The third-order valence-corrected chi connectivity index (χ3v) is 6.25. The molecule has 2 heterocycles. The van der Waals surface area contributed by atoms with Gasteiger partial charge >= 0.3 is 11.9 Å². The Morgan fingerprint density at radius 1 is 0.714 bits per heavy atom. The van der Waals surface area contributed by atoms with Gasteiger partial charge in [0.25, 0.3) is 10.4 Å². The van der Waals surface area contributed by atoms with Crippen LogP contribution in [0, 0.1) is 6.92 Å². The van der Waals surface area contributed by atoms with E-state index in [0.29, 0.717) is 22.5 Å². The van der Waals surface area contributed by atoms with Gasteiger partial charge in [0, 0.05) is 22.9 Å². The zero-order valence-corrected chi connectivity index (χ0v) is 24.4. The molecular weight excluding hydrogens is 576 g/mol. The van der Waals surface area contributed by atoms with Crippen molar-refractivity contribution in [1.82, 2.24) is 0 Å². The first-order valence-electron chi connectivity index (χ1n) is 13.1. The van der Waals surface area contributed by atoms with Crippen LogP contribution in [0.2, 0.25) is 0 Å². The third-order valence-electron chi connectivity index (χ3n) is 5.87. The fourth-order valence-electron chi connectivity index (χ4n) is 4.34. The van der Waals surface area contributed by atoms with Gasteiger partial charge in [-0.25, -0.2) is 18.0 Å². The van der Waals surface area contributed by atoms with E-state index in [2.05, 4.69) is 4.18 Å². The molecule has 0 aliphatic rings. The first-order valence-corrected chi connectivity index (χ1v) is 14.4. The molecule has 4 rings (SSSR count). The Morgan fingerprint density at radius 2 is 1.21 bits per heavy atom. The number of furan rings is 2. The number of ether oxygens (including phenoxy) is 5. The average Bonchev–Trinajstić information content (AvgIpc) is 3.42. The van der Waals surface area contributed by atoms with Gasteiger partial charge in [-0.05, 0) is 46.8 Å². The van der Waals surface area contributed by atoms with Gasteiger partial charge < -0.3 is 41.3 Å². The number of hydrogen-bond acceptors (Lipinski definition) is 13. The van der Waals surface area contributed by atoms with E-state index < -0.39 is 28.1 Å². The lowest BCUT2D eigenvalue weighted by atomic mass is 10.1. The zero-order chi connectivity index (χ0) is 30.6. The van der Waals surface area contributed by atoms with E-state index in [1.807, 2.05) is 0 Å². The van der Waals surface area contributed by atoms with Crippen molar-refractivity contribution in [2.45, 2.75) is 41.2 Å². The summed E-state index contributed by atoms with van der Waals surface area (Å²) in [5.74, 6) is -0.978. The van der Waals surface area contributed by atoms with Crippen molar-refractivity contribution in [2.75, 3.05) is 26.4 Å². The molecule has 2 aromatic heterocycles. The molecule has 13 nitrogen and oxygen atoms in total. The fourth-order valence-corrected chi connectivity index (χ4v) is 4.69. The molecule has 0 fully saturated rings. The second-order valence-corrected chi connectivity index (χ2v) is 9.59. The third kappa shape index (κ3) is 6.39. The summed E-state index contributed by atoms with van der Waals surface area (Å²) in [6, 6.07) is 5.58. The molecule has 226 valence electrons. The lowest BCUT2D eigenvalue weighted by Crippen LogP contribution is -2.10. The maximum atomic E-state index is 13.0. The van der Waals surface area contributed by atoms with E-state index in [9.17, 15) is 22.6 Å². The molecule has 4 aromatic rings. The van der Waals surface area contributed by atoms with Gasteiger partial charge in [-0.2, -0.15) is 0 Å². The van der Waals surface area contributed by atoms with Gasteiger partial charge in [0.2, 0.25) is 0 Å². The van der Waals surface area contributed by atoms with Crippen LogP contribution < -0.4 is 18.4 Å². The Bertz CT molecular complexity index is 1730. The van der Waals surface area contributed by atoms with E-state index in [1.54, 1.807) is 46.8 Å². The smallest absolute Gasteiger partial charge is 0.342 e. The minimum atomic E-state index is -5.17. The molecule has 0 aliphatic heterocycles. The minimum absolute atomic E-state index is 0.0181. The Morgan fingerprint density at radius 3 is 1.79 bits per heavy atom. The fraction of sp³-hybridized carbons (Fsp3) is 0.357. The number of fused-ring (bicyclic) bond motifs is 2. The summed E-state index contributed by atoms with van der Waals surface area (Å²) in [5, 5.41) is 0.534. The molecule has 0 spiro atoms. The second kappa shape index (κ2) is 12.6. The molecule has 0 N–H and O–H groups in total. The topological polar surface area (TPSA) is 173 Å². The van der Waals surface area contributed by atoms with Crippen molar-refractivity contribution in [3.63, 3.8) is 0 Å². The molecule has 0 amide bonds. The summed E-state index contributed by atoms with van der Waals surface area (Å²) in [4.78, 5) is 25.6. The largest absolute Gasteiger partial charge is 0.716 e. The highest BCUT2D eigenvalue weighted by Crippen LogP contribution is 2.40. The summed E-state index contributed by atoms with van der Waals surface area (Å²) >= 11 is 0. The maximum absolute atomic E-state index is 13.0. The number of esters is 2. The lowest BCUT2D eigenvalue weighted by molar-refractivity contribution is 0.0514. The van der Waals surface area contributed by atoms with Crippen LogP contribution in [0.25, 0.3) is 21.9 Å². The van der Waals surface area contributed by atoms with Crippen molar-refractivity contribution < 1.29 is 59.3 Å². The van der Waals surface area contributed by atoms with Crippen molar-refractivity contribution in [3.05, 3.63) is 46.9 Å². The predicted octanol–water partition coefficient (Wildman–Crippen LogP) is 5.06. The Balaban J connectivity index is 1.82. The number of aryl methyl sites for hydroxylation is 1. The average molecular weight is 606 g/mol. The summed E-state index contributed by atoms with van der Waals surface area (Å²) in [6.07, 6.45) is 0. The monoisotopic (exact) mass is 605 g/mol. The van der Waals surface area contributed by atoms with Gasteiger partial charge in [0.05, 0.1) is 26.4 Å². The highest BCUT2D eigenvalue weighted by Gasteiger charge is 2.27. The van der Waals surface area contributed by atoms with E-state index in [-0.39, 0.29) is 72.4 Å². The normalized spacial score (nSPS) is 11.5. The van der Waals surface area contributed by atoms with Crippen LogP contribution >= 0.6 is 0 Å². The van der Waals surface area contributed by atoms with Gasteiger partial charge in [0.1, 0.15) is 34.7 Å². The molecule has 0 atom stereocenters. The van der Waals surface area contributed by atoms with E-state index >= 15 is 0 Å². The number of carbonyl (C=O) groups excluding carboxylic acids is 2. The van der Waals surface area contributed by atoms with Crippen molar-refractivity contribution in [3.8, 4) is 23.0 Å². The number of rotatable bonds is 13. The van der Waals surface area contributed by atoms with Gasteiger partial charge in [-0.15, -0.1) is 0 Å². The first kappa shape index (κ1) is 30.5. The van der Waals surface area contributed by atoms with E-state index in [0.717, 1.165) is 6.07 Å². The number of carbonyl (C=O) groups is 2. The second-order valence-electron chi connectivity index (χ2n) is 8.61.